The van der Waals surface area contributed by atoms with E-state index in [1.54, 1.807) is 13.0 Å². The highest BCUT2D eigenvalue weighted by molar-refractivity contribution is 5.78. The Morgan fingerprint density at radius 1 is 1.22 bits per heavy atom. The quantitative estimate of drug-likeness (QED) is 0.723. The lowest BCUT2D eigenvalue weighted by atomic mass is 10.1. The molecule has 0 aliphatic carbocycles. The molecule has 27 heavy (non-hydrogen) atoms. The molecule has 0 radical (unpaired) electrons. The van der Waals surface area contributed by atoms with Crippen LogP contribution < -0.4 is 5.32 Å². The van der Waals surface area contributed by atoms with Gasteiger partial charge in [0.1, 0.15) is 18.1 Å². The van der Waals surface area contributed by atoms with Gasteiger partial charge in [-0.05, 0) is 37.1 Å². The predicted molar refractivity (Wildman–Crippen MR) is 102 cm³/mol. The van der Waals surface area contributed by atoms with E-state index in [1.807, 2.05) is 35.2 Å². The fourth-order valence-corrected chi connectivity index (χ4v) is 3.62. The monoisotopic (exact) mass is 368 g/mol. The predicted octanol–water partition coefficient (Wildman–Crippen LogP) is 2.59. The van der Waals surface area contributed by atoms with E-state index in [4.69, 9.17) is 9.40 Å². The third-order valence-corrected chi connectivity index (χ3v) is 5.12. The van der Waals surface area contributed by atoms with E-state index < -0.39 is 0 Å². The molecule has 1 aliphatic heterocycles. The number of nitrogens with one attached hydrogen (secondary N) is 1. The Kier molecular flexibility index (Phi) is 4.85. The summed E-state index contributed by atoms with van der Waals surface area (Å²) < 4.78 is 7.77. The van der Waals surface area contributed by atoms with E-state index in [2.05, 4.69) is 9.88 Å². The van der Waals surface area contributed by atoms with Gasteiger partial charge in [0.25, 0.3) is 0 Å². The zero-order chi connectivity index (χ0) is 18.8. The van der Waals surface area contributed by atoms with Crippen LogP contribution in [0, 0.1) is 0 Å². The van der Waals surface area contributed by atoms with Gasteiger partial charge in [0, 0.05) is 26.1 Å². The third-order valence-electron chi connectivity index (χ3n) is 5.12. The zero-order valence-corrected chi connectivity index (χ0v) is 15.4. The second-order valence-corrected chi connectivity index (χ2v) is 6.96. The highest BCUT2D eigenvalue weighted by atomic mass is 16.4. The Morgan fingerprint density at radius 2 is 1.96 bits per heavy atom. The van der Waals surface area contributed by atoms with Crippen molar-refractivity contribution in [1.29, 1.82) is 0 Å². The largest absolute Gasteiger partial charge is 0.462 e. The van der Waals surface area contributed by atoms with Crippen molar-refractivity contribution in [2.24, 2.45) is 0 Å². The number of rotatable bonds is 5. The van der Waals surface area contributed by atoms with E-state index in [9.17, 15) is 9.90 Å². The Morgan fingerprint density at radius 3 is 2.67 bits per heavy atom. The highest BCUT2D eigenvalue weighted by Crippen LogP contribution is 2.24. The van der Waals surface area contributed by atoms with Gasteiger partial charge < -0.3 is 24.3 Å². The van der Waals surface area contributed by atoms with Crippen LogP contribution in [-0.2, 0) is 17.9 Å². The highest BCUT2D eigenvalue weighted by Gasteiger charge is 2.22. The molecule has 0 atom stereocenters. The number of aromatic nitrogens is 2. The first-order valence-corrected chi connectivity index (χ1v) is 9.30. The van der Waals surface area contributed by atoms with Crippen molar-refractivity contribution in [1.82, 2.24) is 14.5 Å². The van der Waals surface area contributed by atoms with Gasteiger partial charge in [0.15, 0.2) is 0 Å². The van der Waals surface area contributed by atoms with Gasteiger partial charge in [-0.1, -0.05) is 12.1 Å². The van der Waals surface area contributed by atoms with Crippen LogP contribution in [0.2, 0.25) is 0 Å². The lowest BCUT2D eigenvalue weighted by Crippen LogP contribution is -2.41. The molecule has 3 heterocycles. The summed E-state index contributed by atoms with van der Waals surface area (Å²) in [6.07, 6.45) is 1.80. The SMILES string of the molecule is CC(=O)N1CCC(Nc2nc3ccccc3n2Cc2ccc(CO)o2)CC1. The van der Waals surface area contributed by atoms with E-state index in [1.165, 1.54) is 0 Å². The van der Waals surface area contributed by atoms with Gasteiger partial charge in [-0.25, -0.2) is 4.98 Å². The molecule has 7 nitrogen and oxygen atoms in total. The number of carbonyl (C=O) groups is 1. The van der Waals surface area contributed by atoms with Gasteiger partial charge in [-0.15, -0.1) is 0 Å². The first kappa shape index (κ1) is 17.6. The van der Waals surface area contributed by atoms with Crippen molar-refractivity contribution in [2.45, 2.75) is 39.0 Å². The molecular weight excluding hydrogens is 344 g/mol. The number of benzene rings is 1. The summed E-state index contributed by atoms with van der Waals surface area (Å²) in [6.45, 7) is 3.59. The number of likely N-dealkylation sites (tertiary alicyclic amines) is 1. The standard InChI is InChI=1S/C20H24N4O3/c1-14(26)23-10-8-15(9-11-23)21-20-22-18-4-2-3-5-19(18)24(20)12-16-6-7-17(13-25)27-16/h2-7,15,25H,8-13H2,1H3,(H,21,22). The summed E-state index contributed by atoms with van der Waals surface area (Å²) in [5, 5.41) is 12.8. The zero-order valence-electron chi connectivity index (χ0n) is 15.4. The number of hydrogen-bond acceptors (Lipinski definition) is 5. The minimum atomic E-state index is -0.107. The summed E-state index contributed by atoms with van der Waals surface area (Å²) in [4.78, 5) is 18.2. The van der Waals surface area contributed by atoms with Crippen molar-refractivity contribution in [3.8, 4) is 0 Å². The number of hydrogen-bond donors (Lipinski definition) is 2. The number of aliphatic hydroxyl groups is 1. The number of aliphatic hydroxyl groups excluding tert-OH is 1. The molecule has 1 aromatic carbocycles. The maximum atomic E-state index is 11.5. The Labute approximate surface area is 157 Å². The van der Waals surface area contributed by atoms with Crippen LogP contribution in [0.1, 0.15) is 31.3 Å². The number of furan rings is 1. The van der Waals surface area contributed by atoms with Crippen LogP contribution in [0.3, 0.4) is 0 Å². The number of piperidine rings is 1. The topological polar surface area (TPSA) is 83.5 Å². The van der Waals surface area contributed by atoms with Crippen LogP contribution >= 0.6 is 0 Å². The van der Waals surface area contributed by atoms with Crippen LogP contribution in [-0.4, -0.2) is 44.6 Å². The van der Waals surface area contributed by atoms with Crippen molar-refractivity contribution in [3.63, 3.8) is 0 Å². The normalized spacial score (nSPS) is 15.4. The number of para-hydroxylation sites is 2. The second-order valence-electron chi connectivity index (χ2n) is 6.96. The number of nitrogens with zero attached hydrogens (tertiary/aromatic N) is 3. The van der Waals surface area contributed by atoms with Gasteiger partial charge in [-0.3, -0.25) is 4.79 Å². The molecule has 1 amide bonds. The average Bonchev–Trinajstić information content (AvgIpc) is 3.27. The minimum Gasteiger partial charge on any atom is -0.462 e. The number of carbonyl (C=O) groups excluding carboxylic acids is 1. The van der Waals surface area contributed by atoms with Gasteiger partial charge in [0.05, 0.1) is 17.6 Å². The van der Waals surface area contributed by atoms with Crippen molar-refractivity contribution < 1.29 is 14.3 Å². The molecule has 1 aliphatic rings. The van der Waals surface area contributed by atoms with E-state index >= 15 is 0 Å². The number of amides is 1. The summed E-state index contributed by atoms with van der Waals surface area (Å²) >= 11 is 0. The average molecular weight is 368 g/mol. The van der Waals surface area contributed by atoms with Crippen molar-refractivity contribution in [2.75, 3.05) is 18.4 Å². The smallest absolute Gasteiger partial charge is 0.219 e. The Hall–Kier alpha value is -2.80. The van der Waals surface area contributed by atoms with Crippen LogP contribution in [0.15, 0.2) is 40.8 Å². The molecule has 1 saturated heterocycles. The first-order valence-electron chi connectivity index (χ1n) is 9.30. The van der Waals surface area contributed by atoms with Crippen LogP contribution in [0.4, 0.5) is 5.95 Å². The summed E-state index contributed by atoms with van der Waals surface area (Å²) in [5.74, 6) is 2.27. The number of imidazole rings is 1. The lowest BCUT2D eigenvalue weighted by Gasteiger charge is -2.32. The second kappa shape index (κ2) is 7.44. The molecule has 7 heteroatoms. The summed E-state index contributed by atoms with van der Waals surface area (Å²) in [7, 11) is 0. The molecule has 4 rings (SSSR count). The first-order chi connectivity index (χ1) is 13.1. The maximum absolute atomic E-state index is 11.5. The molecule has 0 spiro atoms. The Balaban J connectivity index is 1.57. The van der Waals surface area contributed by atoms with Crippen LogP contribution in [0.25, 0.3) is 11.0 Å². The molecule has 0 saturated carbocycles. The third kappa shape index (κ3) is 3.68. The Bertz CT molecular complexity index is 938. The van der Waals surface area contributed by atoms with Crippen molar-refractivity contribution >= 4 is 22.9 Å². The van der Waals surface area contributed by atoms with E-state index in [-0.39, 0.29) is 18.6 Å². The molecule has 2 aromatic heterocycles. The molecular formula is C20H24N4O3. The summed E-state index contributed by atoms with van der Waals surface area (Å²) in [6, 6.07) is 12.0. The molecule has 1 fully saturated rings. The van der Waals surface area contributed by atoms with Crippen molar-refractivity contribution in [3.05, 3.63) is 47.9 Å². The summed E-state index contributed by atoms with van der Waals surface area (Å²) in [5.41, 5.74) is 1.96. The number of fused-ring (bicyclic) bond motifs is 1. The molecule has 0 unspecified atom stereocenters. The molecule has 142 valence electrons. The fraction of sp³-hybridized carbons (Fsp3) is 0.400. The van der Waals surface area contributed by atoms with Crippen LogP contribution in [0.5, 0.6) is 0 Å². The van der Waals surface area contributed by atoms with Gasteiger partial charge >= 0.3 is 0 Å². The lowest BCUT2D eigenvalue weighted by molar-refractivity contribution is -0.129. The van der Waals surface area contributed by atoms with E-state index in [0.717, 1.165) is 48.7 Å². The number of anilines is 1. The minimum absolute atomic E-state index is 0.107. The fourth-order valence-electron chi connectivity index (χ4n) is 3.62. The van der Waals surface area contributed by atoms with E-state index in [0.29, 0.717) is 12.3 Å². The molecule has 3 aromatic rings. The maximum Gasteiger partial charge on any atom is 0.219 e. The molecule has 0 bridgehead atoms. The van der Waals surface area contributed by atoms with Gasteiger partial charge in [0.2, 0.25) is 11.9 Å². The van der Waals surface area contributed by atoms with Gasteiger partial charge in [-0.2, -0.15) is 0 Å². The molecule has 2 N–H and O–H groups in total.